The van der Waals surface area contributed by atoms with Gasteiger partial charge < -0.3 is 15.2 Å². The van der Waals surface area contributed by atoms with Crippen LogP contribution in [0.3, 0.4) is 0 Å². The fraction of sp³-hybridized carbons (Fsp3) is 0. The first-order valence-electron chi connectivity index (χ1n) is 4.98. The molecule has 0 atom stereocenters. The molecule has 8 heteroatoms. The van der Waals surface area contributed by atoms with E-state index in [2.05, 4.69) is 25.9 Å². The minimum absolute atomic E-state index is 0.0338. The van der Waals surface area contributed by atoms with Crippen LogP contribution in [0.5, 0.6) is 17.4 Å². The molecular weight excluding hydrogens is 337 g/mol. The summed E-state index contributed by atoms with van der Waals surface area (Å²) in [7, 11) is 0. The van der Waals surface area contributed by atoms with Gasteiger partial charge in [0.05, 0.1) is 4.47 Å². The highest BCUT2D eigenvalue weighted by Crippen LogP contribution is 2.33. The molecule has 0 spiro atoms. The molecular formula is C11H7BrClN3O3. The van der Waals surface area contributed by atoms with Crippen LogP contribution in [0, 0.1) is 0 Å². The lowest BCUT2D eigenvalue weighted by atomic mass is 10.3. The van der Waals surface area contributed by atoms with Gasteiger partial charge in [-0.1, -0.05) is 12.1 Å². The predicted octanol–water partition coefficient (Wildman–Crippen LogP) is 3.14. The molecule has 0 unspecified atom stereocenters. The third-order valence-electron chi connectivity index (χ3n) is 1.95. The summed E-state index contributed by atoms with van der Waals surface area (Å²) >= 11 is 8.90. The summed E-state index contributed by atoms with van der Waals surface area (Å²) in [6, 6.07) is 6.52. The van der Waals surface area contributed by atoms with Crippen LogP contribution >= 0.6 is 27.5 Å². The Bertz CT molecular complexity index is 624. The van der Waals surface area contributed by atoms with E-state index in [9.17, 15) is 4.79 Å². The first kappa shape index (κ1) is 13.6. The van der Waals surface area contributed by atoms with Crippen molar-refractivity contribution in [3.63, 3.8) is 0 Å². The largest absolute Gasteiger partial charge is 0.434 e. The van der Waals surface area contributed by atoms with Gasteiger partial charge >= 0.3 is 6.09 Å². The number of halogens is 2. The quantitative estimate of drug-likeness (QED) is 0.864. The van der Waals surface area contributed by atoms with E-state index in [0.29, 0.717) is 4.47 Å². The number of nitrogens with zero attached hydrogens (tertiary/aromatic N) is 2. The minimum atomic E-state index is -0.934. The van der Waals surface area contributed by atoms with Crippen molar-refractivity contribution in [2.24, 2.45) is 5.73 Å². The Morgan fingerprint density at radius 2 is 2.00 bits per heavy atom. The van der Waals surface area contributed by atoms with E-state index >= 15 is 0 Å². The number of carbonyl (C=O) groups excluding carboxylic acids is 1. The van der Waals surface area contributed by atoms with Crippen LogP contribution in [0.15, 0.2) is 34.9 Å². The molecule has 98 valence electrons. The molecule has 2 rings (SSSR count). The average molecular weight is 345 g/mol. The molecule has 0 saturated carbocycles. The van der Waals surface area contributed by atoms with Crippen molar-refractivity contribution in [3.05, 3.63) is 40.2 Å². The Kier molecular flexibility index (Phi) is 4.18. The molecule has 0 aliphatic carbocycles. The zero-order valence-electron chi connectivity index (χ0n) is 9.34. The maximum atomic E-state index is 10.8. The molecule has 0 fully saturated rings. The van der Waals surface area contributed by atoms with Crippen LogP contribution in [-0.4, -0.2) is 16.1 Å². The van der Waals surface area contributed by atoms with Gasteiger partial charge in [-0.2, -0.15) is 4.98 Å². The first-order chi connectivity index (χ1) is 9.06. The number of primary amides is 1. The Hall–Kier alpha value is -1.86. The Morgan fingerprint density at radius 1 is 1.32 bits per heavy atom. The summed E-state index contributed by atoms with van der Waals surface area (Å²) in [4.78, 5) is 18.5. The van der Waals surface area contributed by atoms with Gasteiger partial charge in [-0.25, -0.2) is 9.78 Å². The Balaban J connectivity index is 2.32. The highest BCUT2D eigenvalue weighted by atomic mass is 79.9. The maximum Gasteiger partial charge on any atom is 0.410 e. The third kappa shape index (κ3) is 3.55. The third-order valence-corrected chi connectivity index (χ3v) is 2.67. The lowest BCUT2D eigenvalue weighted by molar-refractivity contribution is 0.209. The highest BCUT2D eigenvalue weighted by molar-refractivity contribution is 9.10. The van der Waals surface area contributed by atoms with E-state index in [0.717, 1.165) is 0 Å². The number of amides is 1. The fourth-order valence-electron chi connectivity index (χ4n) is 1.23. The topological polar surface area (TPSA) is 87.3 Å². The zero-order valence-corrected chi connectivity index (χ0v) is 11.7. The molecule has 1 amide bonds. The van der Waals surface area contributed by atoms with Crippen LogP contribution in [0.1, 0.15) is 0 Å². The van der Waals surface area contributed by atoms with E-state index in [1.165, 1.54) is 12.3 Å². The summed E-state index contributed by atoms with van der Waals surface area (Å²) < 4.78 is 10.8. The van der Waals surface area contributed by atoms with Gasteiger partial charge in [0, 0.05) is 6.20 Å². The first-order valence-corrected chi connectivity index (χ1v) is 6.15. The fourth-order valence-corrected chi connectivity index (χ4v) is 1.63. The van der Waals surface area contributed by atoms with Gasteiger partial charge in [-0.05, 0) is 39.7 Å². The molecule has 0 saturated heterocycles. The average Bonchev–Trinajstić information content (AvgIpc) is 2.35. The van der Waals surface area contributed by atoms with Crippen molar-refractivity contribution in [1.82, 2.24) is 9.97 Å². The number of nitrogens with two attached hydrogens (primary N) is 1. The minimum Gasteiger partial charge on any atom is -0.434 e. The van der Waals surface area contributed by atoms with Crippen molar-refractivity contribution < 1.29 is 14.3 Å². The monoisotopic (exact) mass is 343 g/mol. The molecule has 2 aromatic rings. The highest BCUT2D eigenvalue weighted by Gasteiger charge is 2.12. The summed E-state index contributed by atoms with van der Waals surface area (Å²) in [5.41, 5.74) is 4.97. The predicted molar refractivity (Wildman–Crippen MR) is 71.5 cm³/mol. The summed E-state index contributed by atoms with van der Waals surface area (Å²) in [6.07, 6.45) is 0.512. The molecule has 0 aliphatic heterocycles. The lowest BCUT2D eigenvalue weighted by Gasteiger charge is -2.10. The van der Waals surface area contributed by atoms with Crippen molar-refractivity contribution in [2.75, 3.05) is 0 Å². The summed E-state index contributed by atoms with van der Waals surface area (Å²) in [6.45, 7) is 0. The second-order valence-electron chi connectivity index (χ2n) is 3.26. The Labute approximate surface area is 121 Å². The second-order valence-corrected chi connectivity index (χ2v) is 4.45. The number of hydrogen-bond acceptors (Lipinski definition) is 5. The van der Waals surface area contributed by atoms with Gasteiger partial charge in [0.25, 0.3) is 0 Å². The van der Waals surface area contributed by atoms with Crippen molar-refractivity contribution in [1.29, 1.82) is 0 Å². The van der Waals surface area contributed by atoms with Crippen molar-refractivity contribution in [3.8, 4) is 17.4 Å². The zero-order chi connectivity index (χ0) is 13.8. The van der Waals surface area contributed by atoms with Crippen LogP contribution in [-0.2, 0) is 0 Å². The SMILES string of the molecule is NC(=O)Oc1ccccc1Oc1nc(Cl)ncc1Br. The number of aromatic nitrogens is 2. The molecule has 0 bridgehead atoms. The number of rotatable bonds is 3. The van der Waals surface area contributed by atoms with Crippen LogP contribution < -0.4 is 15.2 Å². The molecule has 1 aromatic heterocycles. The van der Waals surface area contributed by atoms with Gasteiger partial charge in [0.2, 0.25) is 11.2 Å². The van der Waals surface area contributed by atoms with E-state index in [-0.39, 0.29) is 22.7 Å². The number of benzene rings is 1. The van der Waals surface area contributed by atoms with Gasteiger partial charge in [-0.3, -0.25) is 0 Å². The van der Waals surface area contributed by atoms with E-state index in [4.69, 9.17) is 26.8 Å². The van der Waals surface area contributed by atoms with Crippen LogP contribution in [0.25, 0.3) is 0 Å². The molecule has 1 aromatic carbocycles. The van der Waals surface area contributed by atoms with Crippen LogP contribution in [0.2, 0.25) is 5.28 Å². The standard InChI is InChI=1S/C11H7BrClN3O3/c12-6-5-15-10(13)16-9(6)18-7-3-1-2-4-8(7)19-11(14)17/h1-5H,(H2,14,17). The Morgan fingerprint density at radius 3 is 2.68 bits per heavy atom. The van der Waals surface area contributed by atoms with E-state index in [1.807, 2.05) is 0 Å². The lowest BCUT2D eigenvalue weighted by Crippen LogP contribution is -2.16. The van der Waals surface area contributed by atoms with Gasteiger partial charge in [-0.15, -0.1) is 0 Å². The van der Waals surface area contributed by atoms with Crippen molar-refractivity contribution in [2.45, 2.75) is 0 Å². The maximum absolute atomic E-state index is 10.8. The molecule has 0 aliphatic rings. The van der Waals surface area contributed by atoms with Gasteiger partial charge in [0.1, 0.15) is 0 Å². The molecule has 2 N–H and O–H groups in total. The molecule has 0 radical (unpaired) electrons. The summed E-state index contributed by atoms with van der Waals surface area (Å²) in [5.74, 6) is 0.647. The van der Waals surface area contributed by atoms with E-state index in [1.54, 1.807) is 18.2 Å². The molecule has 19 heavy (non-hydrogen) atoms. The number of carbonyl (C=O) groups is 1. The molecule has 6 nitrogen and oxygen atoms in total. The number of para-hydroxylation sites is 2. The van der Waals surface area contributed by atoms with E-state index < -0.39 is 6.09 Å². The normalized spacial score (nSPS) is 10.0. The van der Waals surface area contributed by atoms with Gasteiger partial charge in [0.15, 0.2) is 11.5 Å². The molecule has 1 heterocycles. The number of ether oxygens (including phenoxy) is 2. The summed E-state index contributed by atoms with van der Waals surface area (Å²) in [5, 5.41) is 0.0338. The van der Waals surface area contributed by atoms with Crippen molar-refractivity contribution >= 4 is 33.6 Å². The number of hydrogen-bond donors (Lipinski definition) is 1. The second kappa shape index (κ2) is 5.85. The van der Waals surface area contributed by atoms with Crippen LogP contribution in [0.4, 0.5) is 4.79 Å². The smallest absolute Gasteiger partial charge is 0.410 e.